The van der Waals surface area contributed by atoms with Gasteiger partial charge in [-0.15, -0.1) is 20.4 Å². The number of rotatable bonds is 2. The predicted molar refractivity (Wildman–Crippen MR) is 38.1 cm³/mol. The van der Waals surface area contributed by atoms with Crippen LogP contribution in [0.25, 0.3) is 0 Å². The van der Waals surface area contributed by atoms with E-state index in [1.54, 1.807) is 6.92 Å². The van der Waals surface area contributed by atoms with Gasteiger partial charge in [0.2, 0.25) is 0 Å². The minimum atomic E-state index is -0.401. The minimum Gasteiger partial charge on any atom is -0.469 e. The van der Waals surface area contributed by atoms with Crippen molar-refractivity contribution in [2.75, 3.05) is 7.11 Å². The second-order valence-corrected chi connectivity index (χ2v) is 2.12. The van der Waals surface area contributed by atoms with Crippen molar-refractivity contribution in [3.8, 4) is 0 Å². The van der Waals surface area contributed by atoms with E-state index in [4.69, 9.17) is 0 Å². The number of carbonyl (C=O) groups is 1. The van der Waals surface area contributed by atoms with E-state index in [0.717, 1.165) is 0 Å². The van der Waals surface area contributed by atoms with Crippen LogP contribution in [-0.2, 0) is 16.0 Å². The molecule has 0 amide bonds. The van der Waals surface area contributed by atoms with Crippen LogP contribution >= 0.6 is 0 Å². The highest BCUT2D eigenvalue weighted by molar-refractivity contribution is 5.71. The molecular weight excluding hydrogens is 160 g/mol. The summed E-state index contributed by atoms with van der Waals surface area (Å²) in [5.41, 5.74) is 0. The van der Waals surface area contributed by atoms with Crippen molar-refractivity contribution in [3.63, 3.8) is 0 Å². The third-order valence-electron chi connectivity index (χ3n) is 1.15. The van der Waals surface area contributed by atoms with Crippen LogP contribution < -0.4 is 0 Å². The van der Waals surface area contributed by atoms with Crippen LogP contribution in [0, 0.1) is 6.92 Å². The van der Waals surface area contributed by atoms with E-state index in [1.165, 1.54) is 7.11 Å². The van der Waals surface area contributed by atoms with Gasteiger partial charge < -0.3 is 4.74 Å². The quantitative estimate of drug-likeness (QED) is 0.543. The Balaban J connectivity index is 2.64. The Labute approximate surface area is 69.0 Å². The number of aryl methyl sites for hydroxylation is 1. The number of nitrogens with zero attached hydrogens (tertiary/aromatic N) is 4. The summed E-state index contributed by atoms with van der Waals surface area (Å²) in [6.45, 7) is 1.67. The molecule has 0 aliphatic carbocycles. The van der Waals surface area contributed by atoms with Crippen LogP contribution in [0.4, 0.5) is 0 Å². The van der Waals surface area contributed by atoms with Crippen molar-refractivity contribution in [1.29, 1.82) is 0 Å². The topological polar surface area (TPSA) is 77.9 Å². The average molecular weight is 168 g/mol. The molecule has 0 saturated heterocycles. The molecule has 0 saturated carbocycles. The molecule has 6 heteroatoms. The standard InChI is InChI=1S/C6H8N4O2/c1-4-7-9-5(10-8-4)3-6(11)12-2/h3H2,1-2H3. The molecule has 0 unspecified atom stereocenters. The SMILES string of the molecule is COC(=O)Cc1nnc(C)nn1. The van der Waals surface area contributed by atoms with Gasteiger partial charge in [-0.05, 0) is 6.92 Å². The fraction of sp³-hybridized carbons (Fsp3) is 0.500. The van der Waals surface area contributed by atoms with E-state index in [1.807, 2.05) is 0 Å². The first-order valence-electron chi connectivity index (χ1n) is 3.32. The smallest absolute Gasteiger partial charge is 0.313 e. The van der Waals surface area contributed by atoms with Crippen molar-refractivity contribution in [1.82, 2.24) is 20.4 Å². The summed E-state index contributed by atoms with van der Waals surface area (Å²) in [7, 11) is 1.30. The molecule has 0 radical (unpaired) electrons. The summed E-state index contributed by atoms with van der Waals surface area (Å²) in [4.78, 5) is 10.7. The highest BCUT2D eigenvalue weighted by Crippen LogP contribution is 1.88. The first kappa shape index (κ1) is 8.51. The lowest BCUT2D eigenvalue weighted by molar-refractivity contribution is -0.139. The molecular formula is C6H8N4O2. The van der Waals surface area contributed by atoms with E-state index >= 15 is 0 Å². The van der Waals surface area contributed by atoms with E-state index in [9.17, 15) is 4.79 Å². The van der Waals surface area contributed by atoms with Gasteiger partial charge in [0, 0.05) is 0 Å². The van der Waals surface area contributed by atoms with Gasteiger partial charge >= 0.3 is 5.97 Å². The summed E-state index contributed by atoms with van der Waals surface area (Å²) in [5, 5.41) is 14.6. The number of esters is 1. The van der Waals surface area contributed by atoms with Crippen LogP contribution in [0.1, 0.15) is 11.6 Å². The molecule has 1 aromatic rings. The van der Waals surface area contributed by atoms with Crippen LogP contribution in [0.3, 0.4) is 0 Å². The molecule has 1 aromatic heterocycles. The Hall–Kier alpha value is -1.59. The zero-order valence-electron chi connectivity index (χ0n) is 6.81. The number of hydrogen-bond acceptors (Lipinski definition) is 6. The average Bonchev–Trinajstić information content (AvgIpc) is 2.09. The Morgan fingerprint density at radius 3 is 2.42 bits per heavy atom. The zero-order valence-corrected chi connectivity index (χ0v) is 6.81. The molecule has 0 aromatic carbocycles. The Morgan fingerprint density at radius 1 is 1.33 bits per heavy atom. The normalized spacial score (nSPS) is 9.50. The lowest BCUT2D eigenvalue weighted by Gasteiger charge is -1.95. The Bertz CT molecular complexity index is 271. The fourth-order valence-electron chi connectivity index (χ4n) is 0.572. The first-order chi connectivity index (χ1) is 5.72. The maximum absolute atomic E-state index is 10.7. The molecule has 0 N–H and O–H groups in total. The van der Waals surface area contributed by atoms with Crippen LogP contribution in [0.15, 0.2) is 0 Å². The lowest BCUT2D eigenvalue weighted by atomic mass is 10.4. The monoisotopic (exact) mass is 168 g/mol. The molecule has 0 aliphatic heterocycles. The molecule has 64 valence electrons. The van der Waals surface area contributed by atoms with Crippen molar-refractivity contribution in [2.24, 2.45) is 0 Å². The van der Waals surface area contributed by atoms with Gasteiger partial charge in [-0.3, -0.25) is 4.79 Å². The van der Waals surface area contributed by atoms with Crippen molar-refractivity contribution >= 4 is 5.97 Å². The van der Waals surface area contributed by atoms with Crippen LogP contribution in [0.5, 0.6) is 0 Å². The summed E-state index contributed by atoms with van der Waals surface area (Å²) < 4.78 is 4.41. The maximum atomic E-state index is 10.7. The molecule has 0 atom stereocenters. The van der Waals surface area contributed by atoms with Gasteiger partial charge in [0.25, 0.3) is 0 Å². The molecule has 12 heavy (non-hydrogen) atoms. The lowest BCUT2D eigenvalue weighted by Crippen LogP contribution is -2.10. The molecule has 1 heterocycles. The van der Waals surface area contributed by atoms with Crippen LogP contribution in [0.2, 0.25) is 0 Å². The minimum absolute atomic E-state index is 0.0107. The maximum Gasteiger partial charge on any atom is 0.313 e. The molecule has 6 nitrogen and oxygen atoms in total. The predicted octanol–water partition coefficient (Wildman–Crippen LogP) is -0.709. The summed E-state index contributed by atoms with van der Waals surface area (Å²) in [6, 6.07) is 0. The third kappa shape index (κ3) is 2.22. The molecule has 0 bridgehead atoms. The van der Waals surface area contributed by atoms with Gasteiger partial charge in [-0.2, -0.15) is 0 Å². The fourth-order valence-corrected chi connectivity index (χ4v) is 0.572. The van der Waals surface area contributed by atoms with Crippen molar-refractivity contribution < 1.29 is 9.53 Å². The van der Waals surface area contributed by atoms with Gasteiger partial charge in [0.05, 0.1) is 7.11 Å². The highest BCUT2D eigenvalue weighted by atomic mass is 16.5. The second kappa shape index (κ2) is 3.70. The number of aromatic nitrogens is 4. The van der Waals surface area contributed by atoms with Crippen molar-refractivity contribution in [3.05, 3.63) is 11.6 Å². The summed E-state index contributed by atoms with van der Waals surface area (Å²) in [5.74, 6) is 0.346. The highest BCUT2D eigenvalue weighted by Gasteiger charge is 2.05. The Kier molecular flexibility index (Phi) is 2.62. The zero-order chi connectivity index (χ0) is 8.97. The van der Waals surface area contributed by atoms with E-state index in [-0.39, 0.29) is 12.2 Å². The Morgan fingerprint density at radius 2 is 1.92 bits per heavy atom. The van der Waals surface area contributed by atoms with Gasteiger partial charge in [-0.1, -0.05) is 0 Å². The molecule has 0 aliphatic rings. The van der Waals surface area contributed by atoms with E-state index in [0.29, 0.717) is 5.82 Å². The molecule has 1 rings (SSSR count). The third-order valence-corrected chi connectivity index (χ3v) is 1.15. The molecule has 0 fully saturated rings. The van der Waals surface area contributed by atoms with Gasteiger partial charge in [0.15, 0.2) is 11.6 Å². The summed E-state index contributed by atoms with van der Waals surface area (Å²) in [6.07, 6.45) is 0.0107. The van der Waals surface area contributed by atoms with E-state index in [2.05, 4.69) is 25.1 Å². The molecule has 0 spiro atoms. The van der Waals surface area contributed by atoms with Gasteiger partial charge in [-0.25, -0.2) is 0 Å². The number of ether oxygens (including phenoxy) is 1. The number of methoxy groups -OCH3 is 1. The second-order valence-electron chi connectivity index (χ2n) is 2.12. The number of carbonyl (C=O) groups excluding carboxylic acids is 1. The largest absolute Gasteiger partial charge is 0.469 e. The summed E-state index contributed by atoms with van der Waals surface area (Å²) >= 11 is 0. The van der Waals surface area contributed by atoms with E-state index < -0.39 is 5.97 Å². The van der Waals surface area contributed by atoms with Gasteiger partial charge in [0.1, 0.15) is 6.42 Å². The van der Waals surface area contributed by atoms with Crippen molar-refractivity contribution in [2.45, 2.75) is 13.3 Å². The first-order valence-corrected chi connectivity index (χ1v) is 3.32. The van der Waals surface area contributed by atoms with Crippen LogP contribution in [-0.4, -0.2) is 33.5 Å². The number of hydrogen-bond donors (Lipinski definition) is 0.